The Balaban J connectivity index is 1.57. The zero-order chi connectivity index (χ0) is 17.1. The summed E-state index contributed by atoms with van der Waals surface area (Å²) in [6.45, 7) is 0.447. The normalized spacial score (nSPS) is 10.9. The Morgan fingerprint density at radius 2 is 2.12 bits per heavy atom. The number of aromatic nitrogens is 3. The van der Waals surface area contributed by atoms with E-state index in [0.717, 1.165) is 19.8 Å². The van der Waals surface area contributed by atoms with Crippen molar-refractivity contribution in [2.75, 3.05) is 6.54 Å². The van der Waals surface area contributed by atoms with Gasteiger partial charge < -0.3 is 10.3 Å². The van der Waals surface area contributed by atoms with Crippen LogP contribution in [0.2, 0.25) is 0 Å². The molecule has 24 heavy (non-hydrogen) atoms. The number of nitrogens with one attached hydrogen (secondary N) is 2. The molecule has 0 aliphatic heterocycles. The van der Waals surface area contributed by atoms with Crippen LogP contribution in [0.15, 0.2) is 40.1 Å². The molecule has 0 fully saturated rings. The number of benzene rings is 1. The number of nitrogens with zero attached hydrogens (tertiary/aromatic N) is 2. The van der Waals surface area contributed by atoms with Crippen molar-refractivity contribution in [1.82, 2.24) is 19.9 Å². The standard InChI is InChI=1S/C16H16N4O3S/c1-20-15(22)10(9-18-16(20)23)8-13(21)17-7-6-14-19-11-4-2-3-5-12(11)24-14/h2-5,9H,6-8H2,1H3,(H,17,21)(H,18,23). The van der Waals surface area contributed by atoms with E-state index in [0.29, 0.717) is 13.0 Å². The summed E-state index contributed by atoms with van der Waals surface area (Å²) in [6, 6.07) is 7.88. The van der Waals surface area contributed by atoms with E-state index >= 15 is 0 Å². The van der Waals surface area contributed by atoms with E-state index in [1.54, 1.807) is 11.3 Å². The van der Waals surface area contributed by atoms with Gasteiger partial charge in [0, 0.05) is 31.8 Å². The Bertz CT molecular complexity index is 969. The Morgan fingerprint density at radius 1 is 1.33 bits per heavy atom. The third-order valence-corrected chi connectivity index (χ3v) is 4.70. The number of H-pyrrole nitrogens is 1. The molecule has 1 amide bonds. The quantitative estimate of drug-likeness (QED) is 0.708. The number of hydrogen-bond donors (Lipinski definition) is 2. The number of hydrogen-bond acceptors (Lipinski definition) is 5. The first-order valence-electron chi connectivity index (χ1n) is 7.43. The summed E-state index contributed by atoms with van der Waals surface area (Å²) in [5.74, 6) is -0.264. The predicted octanol–water partition coefficient (Wildman–Crippen LogP) is 0.585. The van der Waals surface area contributed by atoms with Crippen LogP contribution < -0.4 is 16.6 Å². The van der Waals surface area contributed by atoms with E-state index in [2.05, 4.69) is 15.3 Å². The summed E-state index contributed by atoms with van der Waals surface area (Å²) in [7, 11) is 1.37. The molecular formula is C16H16N4O3S. The molecule has 2 N–H and O–H groups in total. The Morgan fingerprint density at radius 3 is 2.92 bits per heavy atom. The Kier molecular flexibility index (Phi) is 4.57. The molecule has 0 saturated carbocycles. The van der Waals surface area contributed by atoms with Crippen molar-refractivity contribution in [2.45, 2.75) is 12.8 Å². The van der Waals surface area contributed by atoms with Crippen LogP contribution in [0.3, 0.4) is 0 Å². The maximum atomic E-state index is 12.0. The van der Waals surface area contributed by atoms with Crippen LogP contribution in [0.1, 0.15) is 10.6 Å². The lowest BCUT2D eigenvalue weighted by Crippen LogP contribution is -2.36. The van der Waals surface area contributed by atoms with Gasteiger partial charge in [-0.2, -0.15) is 0 Å². The lowest BCUT2D eigenvalue weighted by atomic mass is 10.2. The van der Waals surface area contributed by atoms with Gasteiger partial charge in [0.25, 0.3) is 5.56 Å². The van der Waals surface area contributed by atoms with Crippen molar-refractivity contribution in [3.8, 4) is 0 Å². The molecule has 0 saturated heterocycles. The molecule has 1 aromatic carbocycles. The average Bonchev–Trinajstić information content (AvgIpc) is 2.98. The van der Waals surface area contributed by atoms with Crippen LogP contribution in [-0.4, -0.2) is 27.0 Å². The van der Waals surface area contributed by atoms with Gasteiger partial charge in [0.05, 0.1) is 21.6 Å². The number of rotatable bonds is 5. The number of carbonyl (C=O) groups is 1. The van der Waals surface area contributed by atoms with Gasteiger partial charge >= 0.3 is 5.69 Å². The van der Waals surface area contributed by atoms with Crippen LogP contribution in [0.5, 0.6) is 0 Å². The highest BCUT2D eigenvalue weighted by Crippen LogP contribution is 2.21. The van der Waals surface area contributed by atoms with E-state index in [1.807, 2.05) is 24.3 Å². The molecule has 3 rings (SSSR count). The second kappa shape index (κ2) is 6.79. The van der Waals surface area contributed by atoms with Crippen LogP contribution >= 0.6 is 11.3 Å². The maximum Gasteiger partial charge on any atom is 0.328 e. The zero-order valence-electron chi connectivity index (χ0n) is 13.0. The first-order valence-corrected chi connectivity index (χ1v) is 8.25. The average molecular weight is 344 g/mol. The van der Waals surface area contributed by atoms with Crippen LogP contribution in [-0.2, 0) is 24.7 Å². The summed E-state index contributed by atoms with van der Waals surface area (Å²) in [6.07, 6.45) is 1.86. The number of para-hydroxylation sites is 1. The molecule has 3 aromatic rings. The molecule has 0 radical (unpaired) electrons. The summed E-state index contributed by atoms with van der Waals surface area (Å²) in [5, 5.41) is 3.73. The highest BCUT2D eigenvalue weighted by atomic mass is 32.1. The molecule has 124 valence electrons. The van der Waals surface area contributed by atoms with Crippen molar-refractivity contribution in [2.24, 2.45) is 7.05 Å². The number of carbonyl (C=O) groups excluding carboxylic acids is 1. The van der Waals surface area contributed by atoms with Gasteiger partial charge in [-0.1, -0.05) is 12.1 Å². The third kappa shape index (κ3) is 3.43. The van der Waals surface area contributed by atoms with E-state index in [9.17, 15) is 14.4 Å². The van der Waals surface area contributed by atoms with Gasteiger partial charge in [-0.3, -0.25) is 14.2 Å². The first-order chi connectivity index (χ1) is 11.5. The fourth-order valence-electron chi connectivity index (χ4n) is 2.31. The largest absolute Gasteiger partial charge is 0.355 e. The second-order valence-electron chi connectivity index (χ2n) is 5.34. The number of aromatic amines is 1. The zero-order valence-corrected chi connectivity index (χ0v) is 13.9. The van der Waals surface area contributed by atoms with E-state index in [-0.39, 0.29) is 17.9 Å². The van der Waals surface area contributed by atoms with Gasteiger partial charge in [0.2, 0.25) is 5.91 Å². The number of fused-ring (bicyclic) bond motifs is 1. The fourth-order valence-corrected chi connectivity index (χ4v) is 3.28. The third-order valence-electron chi connectivity index (χ3n) is 3.60. The lowest BCUT2D eigenvalue weighted by molar-refractivity contribution is -0.120. The van der Waals surface area contributed by atoms with Crippen LogP contribution in [0, 0.1) is 0 Å². The molecule has 0 spiro atoms. The molecular weight excluding hydrogens is 328 g/mol. The summed E-state index contributed by atoms with van der Waals surface area (Å²) >= 11 is 1.60. The molecule has 2 aromatic heterocycles. The molecule has 0 aliphatic rings. The fraction of sp³-hybridized carbons (Fsp3) is 0.250. The highest BCUT2D eigenvalue weighted by molar-refractivity contribution is 7.18. The minimum Gasteiger partial charge on any atom is -0.355 e. The molecule has 2 heterocycles. The molecule has 8 heteroatoms. The number of thiazole rings is 1. The summed E-state index contributed by atoms with van der Waals surface area (Å²) in [4.78, 5) is 42.0. The monoisotopic (exact) mass is 344 g/mol. The van der Waals surface area contributed by atoms with Crippen molar-refractivity contribution >= 4 is 27.5 Å². The molecule has 0 atom stereocenters. The van der Waals surface area contributed by atoms with Gasteiger partial charge in [0.15, 0.2) is 0 Å². The molecule has 0 unspecified atom stereocenters. The minimum atomic E-state index is -0.500. The summed E-state index contributed by atoms with van der Waals surface area (Å²) < 4.78 is 2.07. The van der Waals surface area contributed by atoms with E-state index in [4.69, 9.17) is 0 Å². The lowest BCUT2D eigenvalue weighted by Gasteiger charge is -2.04. The predicted molar refractivity (Wildman–Crippen MR) is 92.3 cm³/mol. The SMILES string of the molecule is Cn1c(=O)[nH]cc(CC(=O)NCCc2nc3ccccc3s2)c1=O. The van der Waals surface area contributed by atoms with Gasteiger partial charge in [-0.05, 0) is 12.1 Å². The summed E-state index contributed by atoms with van der Waals surface area (Å²) in [5.41, 5.74) is 0.259. The first kappa shape index (κ1) is 16.1. The Labute approximate surface area is 141 Å². The van der Waals surface area contributed by atoms with E-state index in [1.165, 1.54) is 13.2 Å². The number of amides is 1. The van der Waals surface area contributed by atoms with Crippen molar-refractivity contribution in [1.29, 1.82) is 0 Å². The van der Waals surface area contributed by atoms with Crippen molar-refractivity contribution < 1.29 is 4.79 Å². The van der Waals surface area contributed by atoms with Crippen molar-refractivity contribution in [3.63, 3.8) is 0 Å². The van der Waals surface area contributed by atoms with Crippen LogP contribution in [0.25, 0.3) is 10.2 Å². The van der Waals surface area contributed by atoms with Gasteiger partial charge in [-0.15, -0.1) is 11.3 Å². The maximum absolute atomic E-state index is 12.0. The van der Waals surface area contributed by atoms with Crippen LogP contribution in [0.4, 0.5) is 0 Å². The Hall–Kier alpha value is -2.74. The van der Waals surface area contributed by atoms with Crippen molar-refractivity contribution in [3.05, 3.63) is 61.9 Å². The second-order valence-corrected chi connectivity index (χ2v) is 6.45. The molecule has 7 nitrogen and oxygen atoms in total. The molecule has 0 bridgehead atoms. The van der Waals surface area contributed by atoms with E-state index < -0.39 is 11.2 Å². The highest BCUT2D eigenvalue weighted by Gasteiger charge is 2.10. The topological polar surface area (TPSA) is 96.8 Å². The smallest absolute Gasteiger partial charge is 0.328 e. The minimum absolute atomic E-state index is 0.0662. The molecule has 0 aliphatic carbocycles. The van der Waals surface area contributed by atoms with Gasteiger partial charge in [0.1, 0.15) is 0 Å². The van der Waals surface area contributed by atoms with Gasteiger partial charge in [-0.25, -0.2) is 9.78 Å².